The van der Waals surface area contributed by atoms with Crippen molar-refractivity contribution in [3.63, 3.8) is 0 Å². The molecule has 0 spiro atoms. The van der Waals surface area contributed by atoms with E-state index in [1.165, 1.54) is 30.5 Å². The Kier molecular flexibility index (Phi) is 11.4. The molecule has 3 unspecified atom stereocenters. The molecule has 0 bridgehead atoms. The lowest BCUT2D eigenvalue weighted by Crippen LogP contribution is -2.56. The minimum Gasteiger partial charge on any atom is -0.343 e. The summed E-state index contributed by atoms with van der Waals surface area (Å²) < 4.78 is 0. The zero-order valence-electron chi connectivity index (χ0n) is 27.1. The lowest BCUT2D eigenvalue weighted by Gasteiger charge is -2.42. The third kappa shape index (κ3) is 8.63. The summed E-state index contributed by atoms with van der Waals surface area (Å²) in [5.74, 6) is 1.16. The van der Waals surface area contributed by atoms with Crippen molar-refractivity contribution in [1.29, 1.82) is 0 Å². The van der Waals surface area contributed by atoms with Gasteiger partial charge in [-0.25, -0.2) is 0 Å². The van der Waals surface area contributed by atoms with Crippen molar-refractivity contribution in [3.05, 3.63) is 70.2 Å². The molecule has 2 saturated heterocycles. The molecule has 8 heteroatoms. The molecule has 3 aliphatic rings. The van der Waals surface area contributed by atoms with Gasteiger partial charge >= 0.3 is 0 Å². The standard InChI is InChI=1S/C36H52ClN5O2/c1-25(2)22-40-16-13-31(14-17-40)42(23-26(3)4)32-15-18-41(24-32)36(44)34(19-27-9-11-30(37)12-10-27)39-35(43)33-20-28-7-5-6-8-29(28)21-38-33/h5-12,25-26,31-34,38H,13-24H2,1-4H3,(H,39,43). The normalized spacial score (nSPS) is 22.0. The number of likely N-dealkylation sites (tertiary alicyclic amines) is 2. The number of halogens is 1. The van der Waals surface area contributed by atoms with Crippen LogP contribution in [0.25, 0.3) is 0 Å². The third-order valence-electron chi connectivity index (χ3n) is 9.53. The first-order chi connectivity index (χ1) is 21.2. The number of carbonyl (C=O) groups excluding carboxylic acids is 2. The minimum atomic E-state index is -0.626. The van der Waals surface area contributed by atoms with Crippen LogP contribution in [0.2, 0.25) is 5.02 Å². The molecule has 2 N–H and O–H groups in total. The molecule has 0 aliphatic carbocycles. The van der Waals surface area contributed by atoms with Crippen LogP contribution in [0.3, 0.4) is 0 Å². The van der Waals surface area contributed by atoms with Crippen molar-refractivity contribution >= 4 is 23.4 Å². The van der Waals surface area contributed by atoms with Crippen molar-refractivity contribution < 1.29 is 9.59 Å². The molecule has 2 aromatic rings. The molecule has 0 saturated carbocycles. The van der Waals surface area contributed by atoms with Gasteiger partial charge in [0, 0.05) is 56.3 Å². The number of fused-ring (bicyclic) bond motifs is 1. The first kappa shape index (κ1) is 32.9. The number of benzene rings is 2. The lowest BCUT2D eigenvalue weighted by molar-refractivity contribution is -0.136. The van der Waals surface area contributed by atoms with Crippen LogP contribution in [-0.2, 0) is 29.0 Å². The number of hydrogen-bond acceptors (Lipinski definition) is 5. The van der Waals surface area contributed by atoms with Crippen LogP contribution < -0.4 is 10.6 Å². The molecule has 2 amide bonds. The van der Waals surface area contributed by atoms with Crippen LogP contribution in [0.15, 0.2) is 48.5 Å². The number of nitrogens with one attached hydrogen (secondary N) is 2. The van der Waals surface area contributed by atoms with Gasteiger partial charge in [-0.15, -0.1) is 0 Å². The number of nitrogens with zero attached hydrogens (tertiary/aromatic N) is 3. The van der Waals surface area contributed by atoms with Crippen LogP contribution in [-0.4, -0.2) is 89.9 Å². The van der Waals surface area contributed by atoms with E-state index in [9.17, 15) is 9.59 Å². The van der Waals surface area contributed by atoms with Crippen LogP contribution in [0, 0.1) is 11.8 Å². The summed E-state index contributed by atoms with van der Waals surface area (Å²) in [6, 6.07) is 15.8. The van der Waals surface area contributed by atoms with Crippen LogP contribution in [0.4, 0.5) is 0 Å². The summed E-state index contributed by atoms with van der Waals surface area (Å²) >= 11 is 6.16. The van der Waals surface area contributed by atoms with E-state index >= 15 is 0 Å². The minimum absolute atomic E-state index is 0.0169. The summed E-state index contributed by atoms with van der Waals surface area (Å²) in [5, 5.41) is 7.22. The number of hydrogen-bond donors (Lipinski definition) is 2. The van der Waals surface area contributed by atoms with Gasteiger partial charge in [0.2, 0.25) is 11.8 Å². The van der Waals surface area contributed by atoms with Crippen molar-refractivity contribution in [2.45, 2.75) is 90.5 Å². The zero-order valence-corrected chi connectivity index (χ0v) is 27.9. The smallest absolute Gasteiger partial charge is 0.245 e. The average Bonchev–Trinajstić information content (AvgIpc) is 3.50. The number of amides is 2. The van der Waals surface area contributed by atoms with Crippen LogP contribution >= 0.6 is 11.6 Å². The second-order valence-corrected chi connectivity index (χ2v) is 14.5. The zero-order chi connectivity index (χ0) is 31.2. The van der Waals surface area contributed by atoms with Crippen molar-refractivity contribution in [2.75, 3.05) is 39.3 Å². The van der Waals surface area contributed by atoms with E-state index in [0.717, 1.165) is 44.7 Å². The summed E-state index contributed by atoms with van der Waals surface area (Å²) in [6.07, 6.45) is 4.42. The van der Waals surface area contributed by atoms with Gasteiger partial charge in [-0.1, -0.05) is 75.7 Å². The molecule has 5 rings (SSSR count). The van der Waals surface area contributed by atoms with E-state index in [1.54, 1.807) is 0 Å². The van der Waals surface area contributed by atoms with Crippen molar-refractivity contribution in [2.24, 2.45) is 11.8 Å². The SMILES string of the molecule is CC(C)CN1CCC(N(CC(C)C)C2CCN(C(=O)C(Cc3ccc(Cl)cc3)NC(=O)C3Cc4ccccc4CN3)C2)CC1. The number of carbonyl (C=O) groups is 2. The molecule has 240 valence electrons. The quantitative estimate of drug-likeness (QED) is 0.379. The molecule has 3 heterocycles. The Morgan fingerprint density at radius 3 is 2.30 bits per heavy atom. The van der Waals surface area contributed by atoms with Gasteiger partial charge in [0.1, 0.15) is 6.04 Å². The second-order valence-electron chi connectivity index (χ2n) is 14.0. The second kappa shape index (κ2) is 15.2. The summed E-state index contributed by atoms with van der Waals surface area (Å²) in [4.78, 5) is 35.1. The highest BCUT2D eigenvalue weighted by Crippen LogP contribution is 2.26. The van der Waals surface area contributed by atoms with Gasteiger partial charge in [0.25, 0.3) is 0 Å². The predicted octanol–water partition coefficient (Wildman–Crippen LogP) is 4.76. The van der Waals surface area contributed by atoms with Crippen LogP contribution in [0.5, 0.6) is 0 Å². The maximum Gasteiger partial charge on any atom is 0.245 e. The first-order valence-electron chi connectivity index (χ1n) is 16.8. The van der Waals surface area contributed by atoms with Crippen molar-refractivity contribution in [3.8, 4) is 0 Å². The Hall–Kier alpha value is -2.45. The fourth-order valence-electron chi connectivity index (χ4n) is 7.37. The van der Waals surface area contributed by atoms with Gasteiger partial charge in [-0.05, 0) is 79.4 Å². The Morgan fingerprint density at radius 2 is 1.61 bits per heavy atom. The lowest BCUT2D eigenvalue weighted by atomic mass is 9.95. The topological polar surface area (TPSA) is 67.9 Å². The maximum absolute atomic E-state index is 14.2. The Labute approximate surface area is 269 Å². The van der Waals surface area contributed by atoms with E-state index in [0.29, 0.717) is 48.3 Å². The highest BCUT2D eigenvalue weighted by atomic mass is 35.5. The fourth-order valence-corrected chi connectivity index (χ4v) is 7.50. The molecular formula is C36H52ClN5O2. The molecule has 44 heavy (non-hydrogen) atoms. The van der Waals surface area contributed by atoms with Crippen LogP contribution in [0.1, 0.15) is 63.6 Å². The summed E-state index contributed by atoms with van der Waals surface area (Å²) in [5.41, 5.74) is 3.40. The van der Waals surface area contributed by atoms with E-state index in [4.69, 9.17) is 11.6 Å². The molecular weight excluding hydrogens is 570 g/mol. The van der Waals surface area contributed by atoms with E-state index in [-0.39, 0.29) is 17.9 Å². The number of rotatable bonds is 11. The van der Waals surface area contributed by atoms with Crippen molar-refractivity contribution in [1.82, 2.24) is 25.3 Å². The average molecular weight is 622 g/mol. The Morgan fingerprint density at radius 1 is 0.932 bits per heavy atom. The number of piperidine rings is 1. The van der Waals surface area contributed by atoms with Gasteiger partial charge in [-0.2, -0.15) is 0 Å². The largest absolute Gasteiger partial charge is 0.343 e. The maximum atomic E-state index is 14.2. The molecule has 2 fully saturated rings. The molecule has 0 radical (unpaired) electrons. The predicted molar refractivity (Wildman–Crippen MR) is 179 cm³/mol. The van der Waals surface area contributed by atoms with Gasteiger partial charge < -0.3 is 20.4 Å². The molecule has 3 aliphatic heterocycles. The monoisotopic (exact) mass is 621 g/mol. The summed E-state index contributed by atoms with van der Waals surface area (Å²) in [6.45, 7) is 15.8. The van der Waals surface area contributed by atoms with Gasteiger partial charge in [0.05, 0.1) is 6.04 Å². The molecule has 3 atom stereocenters. The third-order valence-corrected chi connectivity index (χ3v) is 9.79. The summed E-state index contributed by atoms with van der Waals surface area (Å²) in [7, 11) is 0. The molecule has 2 aromatic carbocycles. The van der Waals surface area contributed by atoms with Gasteiger partial charge in [-0.3, -0.25) is 14.5 Å². The fraction of sp³-hybridized carbons (Fsp3) is 0.611. The van der Waals surface area contributed by atoms with E-state index in [1.807, 2.05) is 41.3 Å². The van der Waals surface area contributed by atoms with E-state index in [2.05, 4.69) is 60.3 Å². The Balaban J connectivity index is 1.26. The first-order valence-corrected chi connectivity index (χ1v) is 17.2. The highest BCUT2D eigenvalue weighted by Gasteiger charge is 2.38. The van der Waals surface area contributed by atoms with E-state index < -0.39 is 6.04 Å². The Bertz CT molecular complexity index is 1240. The molecule has 7 nitrogen and oxygen atoms in total. The highest BCUT2D eigenvalue weighted by molar-refractivity contribution is 6.30. The van der Waals surface area contributed by atoms with Gasteiger partial charge in [0.15, 0.2) is 0 Å². The molecule has 0 aromatic heterocycles.